The molecule has 140 valence electrons. The van der Waals surface area contributed by atoms with Crippen molar-refractivity contribution >= 4 is 23.7 Å². The van der Waals surface area contributed by atoms with Gasteiger partial charge in [-0.15, -0.1) is 0 Å². The minimum atomic E-state index is -1.62. The summed E-state index contributed by atoms with van der Waals surface area (Å²) in [7, 11) is 4.19. The first-order chi connectivity index (χ1) is 12.1. The Kier molecular flexibility index (Phi) is 3.82. The van der Waals surface area contributed by atoms with Gasteiger partial charge in [-0.2, -0.15) is 0 Å². The van der Waals surface area contributed by atoms with Crippen LogP contribution in [0.25, 0.3) is 0 Å². The third-order valence-corrected chi connectivity index (χ3v) is 5.59. The number of urea groups is 1. The Morgan fingerprint density at radius 1 is 1.08 bits per heavy atom. The van der Waals surface area contributed by atoms with Crippen LogP contribution in [0.2, 0.25) is 0 Å². The van der Waals surface area contributed by atoms with Crippen LogP contribution >= 0.6 is 0 Å². The van der Waals surface area contributed by atoms with Gasteiger partial charge in [0, 0.05) is 34.1 Å². The molecule has 1 aromatic heterocycles. The zero-order valence-electron chi connectivity index (χ0n) is 15.3. The molecule has 1 saturated heterocycles. The lowest BCUT2D eigenvalue weighted by atomic mass is 9.70. The van der Waals surface area contributed by atoms with Crippen molar-refractivity contribution in [3.05, 3.63) is 26.4 Å². The molecule has 4 amide bonds. The summed E-state index contributed by atoms with van der Waals surface area (Å²) in [5, 5.41) is 2.21. The predicted octanol–water partition coefficient (Wildman–Crippen LogP) is -1.45. The fraction of sp³-hybridized carbons (Fsp3) is 0.562. The van der Waals surface area contributed by atoms with E-state index in [0.717, 1.165) is 9.47 Å². The summed E-state index contributed by atoms with van der Waals surface area (Å²) >= 11 is 0. The summed E-state index contributed by atoms with van der Waals surface area (Å²) < 4.78 is 2.31. The topological polar surface area (TPSA) is 114 Å². The molecule has 1 aromatic rings. The first-order valence-corrected chi connectivity index (χ1v) is 8.28. The normalized spacial score (nSPS) is 25.6. The van der Waals surface area contributed by atoms with Crippen LogP contribution in [0.3, 0.4) is 0 Å². The molecule has 2 aliphatic rings. The quantitative estimate of drug-likeness (QED) is 0.611. The fourth-order valence-corrected chi connectivity index (χ4v) is 4.03. The zero-order valence-corrected chi connectivity index (χ0v) is 15.3. The Balaban J connectivity index is 2.35. The van der Waals surface area contributed by atoms with Crippen molar-refractivity contribution in [2.75, 3.05) is 18.5 Å². The number of aromatic nitrogens is 2. The van der Waals surface area contributed by atoms with E-state index in [0.29, 0.717) is 12.4 Å². The standard InChI is InChI=1S/C16H21N5O5/c1-6-21-8(2)16(12(23)17-14(25)20(5)13(16)24)7-9-10(21)18(3)15(26)19(4)11(9)22/h8H,6-7H2,1-5H3,(H,17,23,25). The average Bonchev–Trinajstić information content (AvgIpc) is 2.61. The van der Waals surface area contributed by atoms with Crippen molar-refractivity contribution in [3.8, 4) is 0 Å². The van der Waals surface area contributed by atoms with Gasteiger partial charge in [-0.05, 0) is 13.8 Å². The molecular formula is C16H21N5O5. The zero-order chi connectivity index (χ0) is 19.5. The maximum Gasteiger partial charge on any atom is 0.332 e. The number of nitrogens with zero attached hydrogens (tertiary/aromatic N) is 4. The van der Waals surface area contributed by atoms with Gasteiger partial charge in [0.2, 0.25) is 11.8 Å². The Morgan fingerprint density at radius 3 is 2.27 bits per heavy atom. The maximum absolute atomic E-state index is 13.0. The number of anilines is 1. The lowest BCUT2D eigenvalue weighted by Crippen LogP contribution is -2.71. The number of nitrogens with one attached hydrogen (secondary N) is 1. The van der Waals surface area contributed by atoms with Crippen LogP contribution in [0.15, 0.2) is 9.59 Å². The van der Waals surface area contributed by atoms with Crippen LogP contribution in [-0.4, -0.2) is 51.5 Å². The van der Waals surface area contributed by atoms with Crippen LogP contribution in [0.1, 0.15) is 19.4 Å². The second kappa shape index (κ2) is 5.55. The number of carbonyl (C=O) groups is 3. The number of amides is 4. The third-order valence-electron chi connectivity index (χ3n) is 5.59. The summed E-state index contributed by atoms with van der Waals surface area (Å²) in [6.45, 7) is 3.87. The van der Waals surface area contributed by atoms with Gasteiger partial charge in [-0.3, -0.25) is 33.7 Å². The molecule has 0 radical (unpaired) electrons. The van der Waals surface area contributed by atoms with Gasteiger partial charge in [-0.25, -0.2) is 9.59 Å². The lowest BCUT2D eigenvalue weighted by molar-refractivity contribution is -0.152. The minimum absolute atomic E-state index is 0.178. The molecule has 2 aliphatic heterocycles. The molecule has 0 aromatic carbocycles. The van der Waals surface area contributed by atoms with E-state index in [1.165, 1.54) is 18.7 Å². The molecule has 0 aliphatic carbocycles. The number of hydrogen-bond acceptors (Lipinski definition) is 6. The van der Waals surface area contributed by atoms with E-state index in [4.69, 9.17) is 0 Å². The molecule has 2 atom stereocenters. The lowest BCUT2D eigenvalue weighted by Gasteiger charge is -2.49. The van der Waals surface area contributed by atoms with Gasteiger partial charge in [0.05, 0.1) is 11.6 Å². The summed E-state index contributed by atoms with van der Waals surface area (Å²) in [4.78, 5) is 65.2. The van der Waals surface area contributed by atoms with Crippen molar-refractivity contribution in [2.24, 2.45) is 19.5 Å². The Bertz CT molecular complexity index is 961. The van der Waals surface area contributed by atoms with Crippen molar-refractivity contribution in [2.45, 2.75) is 26.3 Å². The molecule has 10 nitrogen and oxygen atoms in total. The molecule has 2 unspecified atom stereocenters. The first kappa shape index (κ1) is 17.9. The number of barbiturate groups is 1. The molecule has 0 saturated carbocycles. The van der Waals surface area contributed by atoms with Gasteiger partial charge in [-0.1, -0.05) is 0 Å². The van der Waals surface area contributed by atoms with Crippen molar-refractivity contribution in [1.29, 1.82) is 0 Å². The van der Waals surface area contributed by atoms with Crippen LogP contribution < -0.4 is 21.5 Å². The number of fused-ring (bicyclic) bond motifs is 1. The van der Waals surface area contributed by atoms with E-state index < -0.39 is 40.6 Å². The van der Waals surface area contributed by atoms with Crippen molar-refractivity contribution < 1.29 is 14.4 Å². The molecule has 3 heterocycles. The maximum atomic E-state index is 13.0. The third kappa shape index (κ3) is 1.95. The van der Waals surface area contributed by atoms with E-state index in [1.807, 2.05) is 0 Å². The Morgan fingerprint density at radius 2 is 1.69 bits per heavy atom. The van der Waals surface area contributed by atoms with Crippen LogP contribution in [0, 0.1) is 5.41 Å². The highest BCUT2D eigenvalue weighted by atomic mass is 16.2. The van der Waals surface area contributed by atoms with Crippen LogP contribution in [0.5, 0.6) is 0 Å². The molecule has 3 rings (SSSR count). The number of hydrogen-bond donors (Lipinski definition) is 1. The summed E-state index contributed by atoms with van der Waals surface area (Å²) in [5.74, 6) is -0.976. The van der Waals surface area contributed by atoms with E-state index in [-0.39, 0.29) is 12.0 Å². The van der Waals surface area contributed by atoms with Gasteiger partial charge in [0.15, 0.2) is 5.41 Å². The monoisotopic (exact) mass is 363 g/mol. The average molecular weight is 363 g/mol. The van der Waals surface area contributed by atoms with E-state index >= 15 is 0 Å². The highest BCUT2D eigenvalue weighted by Gasteiger charge is 2.60. The van der Waals surface area contributed by atoms with E-state index in [1.54, 1.807) is 25.8 Å². The molecule has 0 bridgehead atoms. The second-order valence-corrected chi connectivity index (χ2v) is 6.74. The predicted molar refractivity (Wildman–Crippen MR) is 91.9 cm³/mol. The second-order valence-electron chi connectivity index (χ2n) is 6.74. The van der Waals surface area contributed by atoms with Crippen molar-refractivity contribution in [1.82, 2.24) is 19.4 Å². The largest absolute Gasteiger partial charge is 0.353 e. The SMILES string of the molecule is CCN1c2c(c(=O)n(C)c(=O)n2C)CC2(C(=O)NC(=O)N(C)C2=O)C1C. The molecule has 1 fully saturated rings. The fourth-order valence-electron chi connectivity index (χ4n) is 4.03. The smallest absolute Gasteiger partial charge is 0.332 e. The number of imide groups is 2. The summed E-state index contributed by atoms with van der Waals surface area (Å²) in [6, 6.07) is -1.44. The summed E-state index contributed by atoms with van der Waals surface area (Å²) in [6.07, 6.45) is -0.178. The Hall–Kier alpha value is -2.91. The highest BCUT2D eigenvalue weighted by molar-refractivity contribution is 6.20. The molecule has 1 spiro atoms. The molecule has 10 heteroatoms. The van der Waals surface area contributed by atoms with Gasteiger partial charge in [0.25, 0.3) is 5.56 Å². The highest BCUT2D eigenvalue weighted by Crippen LogP contribution is 2.42. The van der Waals surface area contributed by atoms with Crippen molar-refractivity contribution in [3.63, 3.8) is 0 Å². The Labute approximate surface area is 149 Å². The van der Waals surface area contributed by atoms with Crippen LogP contribution in [-0.2, 0) is 30.1 Å². The molecule has 26 heavy (non-hydrogen) atoms. The molecule has 1 N–H and O–H groups in total. The number of rotatable bonds is 1. The van der Waals surface area contributed by atoms with E-state index in [2.05, 4.69) is 5.32 Å². The van der Waals surface area contributed by atoms with Crippen LogP contribution in [0.4, 0.5) is 10.6 Å². The van der Waals surface area contributed by atoms with Gasteiger partial charge >= 0.3 is 11.7 Å². The van der Waals surface area contributed by atoms with E-state index in [9.17, 15) is 24.0 Å². The molecular weight excluding hydrogens is 342 g/mol. The number of carbonyl (C=O) groups excluding carboxylic acids is 3. The van der Waals surface area contributed by atoms with Gasteiger partial charge in [0.1, 0.15) is 5.82 Å². The van der Waals surface area contributed by atoms with Gasteiger partial charge < -0.3 is 4.90 Å². The first-order valence-electron chi connectivity index (χ1n) is 8.28. The summed E-state index contributed by atoms with van der Waals surface area (Å²) in [5.41, 5.74) is -2.44. The minimum Gasteiger partial charge on any atom is -0.353 e.